The van der Waals surface area contributed by atoms with E-state index in [0.717, 1.165) is 22.7 Å². The summed E-state index contributed by atoms with van der Waals surface area (Å²) in [7, 11) is 0. The van der Waals surface area contributed by atoms with Crippen LogP contribution < -0.4 is 5.32 Å². The Labute approximate surface area is 131 Å². The van der Waals surface area contributed by atoms with Gasteiger partial charge in [-0.25, -0.2) is 4.39 Å². The Kier molecular flexibility index (Phi) is 6.13. The number of nitrogens with zero attached hydrogens (tertiary/aromatic N) is 2. The average molecular weight is 325 g/mol. The van der Waals surface area contributed by atoms with Crippen LogP contribution in [0.25, 0.3) is 0 Å². The lowest BCUT2D eigenvalue weighted by Crippen LogP contribution is -2.10. The zero-order valence-corrected chi connectivity index (χ0v) is 13.3. The molecule has 2 aromatic rings. The first-order chi connectivity index (χ1) is 10.2. The fraction of sp³-hybridized carbons (Fsp3) is 0.357. The fourth-order valence-corrected chi connectivity index (χ4v) is 3.29. The molecule has 1 aromatic carbocycles. The maximum absolute atomic E-state index is 12.8. The van der Waals surface area contributed by atoms with E-state index in [0.29, 0.717) is 17.3 Å². The molecule has 2 rings (SSSR count). The first kappa shape index (κ1) is 15.9. The number of thioether (sulfide) groups is 1. The number of benzene rings is 1. The van der Waals surface area contributed by atoms with Crippen LogP contribution in [0.15, 0.2) is 28.6 Å². The second kappa shape index (κ2) is 8.09. The van der Waals surface area contributed by atoms with Crippen molar-refractivity contribution >= 4 is 34.1 Å². The van der Waals surface area contributed by atoms with Crippen molar-refractivity contribution in [1.29, 1.82) is 0 Å². The van der Waals surface area contributed by atoms with Crippen molar-refractivity contribution in [3.05, 3.63) is 35.6 Å². The normalized spacial score (nSPS) is 10.6. The van der Waals surface area contributed by atoms with Crippen molar-refractivity contribution in [2.24, 2.45) is 0 Å². The Morgan fingerprint density at radius 1 is 1.33 bits per heavy atom. The van der Waals surface area contributed by atoms with Crippen molar-refractivity contribution in [3.63, 3.8) is 0 Å². The highest BCUT2D eigenvalue weighted by Gasteiger charge is 2.08. The van der Waals surface area contributed by atoms with E-state index < -0.39 is 0 Å². The molecule has 0 atom stereocenters. The van der Waals surface area contributed by atoms with Gasteiger partial charge in [0.25, 0.3) is 0 Å². The van der Waals surface area contributed by atoms with Gasteiger partial charge in [0.05, 0.1) is 0 Å². The van der Waals surface area contributed by atoms with Gasteiger partial charge in [-0.15, -0.1) is 10.2 Å². The number of nitrogens with one attached hydrogen (secondary N) is 1. The van der Waals surface area contributed by atoms with E-state index in [1.807, 2.05) is 6.92 Å². The first-order valence-electron chi connectivity index (χ1n) is 6.68. The first-order valence-corrected chi connectivity index (χ1v) is 8.48. The van der Waals surface area contributed by atoms with E-state index in [2.05, 4.69) is 15.5 Å². The Bertz CT molecular complexity index is 586. The molecular weight excluding hydrogens is 309 g/mol. The SMILES string of the molecule is CCCCC(=O)Nc1nnc(SCc2ccc(F)cc2)s1. The maximum atomic E-state index is 12.8. The molecule has 0 bridgehead atoms. The number of halogens is 1. The maximum Gasteiger partial charge on any atom is 0.226 e. The number of amides is 1. The lowest BCUT2D eigenvalue weighted by atomic mass is 10.2. The third kappa shape index (κ3) is 5.43. The highest BCUT2D eigenvalue weighted by molar-refractivity contribution is 8.00. The van der Waals surface area contributed by atoms with Gasteiger partial charge in [0.2, 0.25) is 11.0 Å². The number of hydrogen-bond donors (Lipinski definition) is 1. The minimum absolute atomic E-state index is 0.0249. The van der Waals surface area contributed by atoms with Crippen LogP contribution in [0.5, 0.6) is 0 Å². The molecule has 1 N–H and O–H groups in total. The Morgan fingerprint density at radius 3 is 2.81 bits per heavy atom. The van der Waals surface area contributed by atoms with Crippen molar-refractivity contribution in [2.75, 3.05) is 5.32 Å². The summed E-state index contributed by atoms with van der Waals surface area (Å²) in [6, 6.07) is 6.37. The van der Waals surface area contributed by atoms with Gasteiger partial charge in [0.15, 0.2) is 4.34 Å². The number of rotatable bonds is 7. The highest BCUT2D eigenvalue weighted by atomic mass is 32.2. The molecule has 0 aliphatic rings. The van der Waals surface area contributed by atoms with Crippen LogP contribution in [0.3, 0.4) is 0 Å². The molecule has 21 heavy (non-hydrogen) atoms. The minimum Gasteiger partial charge on any atom is -0.301 e. The molecule has 112 valence electrons. The zero-order chi connectivity index (χ0) is 15.1. The van der Waals surface area contributed by atoms with Gasteiger partial charge in [-0.05, 0) is 24.1 Å². The van der Waals surface area contributed by atoms with E-state index >= 15 is 0 Å². The van der Waals surface area contributed by atoms with Crippen molar-refractivity contribution in [2.45, 2.75) is 36.3 Å². The molecule has 7 heteroatoms. The molecule has 0 spiro atoms. The smallest absolute Gasteiger partial charge is 0.226 e. The topological polar surface area (TPSA) is 54.9 Å². The van der Waals surface area contributed by atoms with Gasteiger partial charge in [-0.1, -0.05) is 48.6 Å². The molecule has 4 nitrogen and oxygen atoms in total. The van der Waals surface area contributed by atoms with Crippen LogP contribution in [0.2, 0.25) is 0 Å². The number of carbonyl (C=O) groups excluding carboxylic acids is 1. The molecule has 0 unspecified atom stereocenters. The van der Waals surface area contributed by atoms with Crippen LogP contribution in [0.4, 0.5) is 9.52 Å². The van der Waals surface area contributed by atoms with Gasteiger partial charge < -0.3 is 5.32 Å². The lowest BCUT2D eigenvalue weighted by molar-refractivity contribution is -0.116. The predicted octanol–water partition coefficient (Wildman–Crippen LogP) is 4.10. The monoisotopic (exact) mass is 325 g/mol. The molecule has 0 aliphatic heterocycles. The van der Waals surface area contributed by atoms with Gasteiger partial charge in [0.1, 0.15) is 5.82 Å². The second-order valence-corrected chi connectivity index (χ2v) is 6.64. The number of hydrogen-bond acceptors (Lipinski definition) is 5. The van der Waals surface area contributed by atoms with Gasteiger partial charge >= 0.3 is 0 Å². The van der Waals surface area contributed by atoms with Crippen LogP contribution in [0, 0.1) is 5.82 Å². The molecule has 0 saturated heterocycles. The summed E-state index contributed by atoms with van der Waals surface area (Å²) in [6.07, 6.45) is 2.37. The molecule has 0 aliphatic carbocycles. The summed E-state index contributed by atoms with van der Waals surface area (Å²) in [5.74, 6) is 0.429. The quantitative estimate of drug-likeness (QED) is 0.615. The Balaban J connectivity index is 1.82. The van der Waals surface area contributed by atoms with Gasteiger partial charge in [-0.2, -0.15) is 0 Å². The van der Waals surface area contributed by atoms with Crippen molar-refractivity contribution < 1.29 is 9.18 Å². The molecule has 0 fully saturated rings. The molecular formula is C14H16FN3OS2. The summed E-state index contributed by atoms with van der Waals surface area (Å²) in [5, 5.41) is 11.2. The Hall–Kier alpha value is -1.47. The summed E-state index contributed by atoms with van der Waals surface area (Å²) < 4.78 is 13.6. The number of carbonyl (C=O) groups is 1. The van der Waals surface area contributed by atoms with E-state index in [1.165, 1.54) is 35.2 Å². The van der Waals surface area contributed by atoms with Crippen LogP contribution in [-0.4, -0.2) is 16.1 Å². The average Bonchev–Trinajstić information content (AvgIpc) is 2.92. The molecule has 0 radical (unpaired) electrons. The number of unbranched alkanes of at least 4 members (excludes halogenated alkanes) is 1. The zero-order valence-electron chi connectivity index (χ0n) is 11.6. The molecule has 0 saturated carbocycles. The highest BCUT2D eigenvalue weighted by Crippen LogP contribution is 2.28. The van der Waals surface area contributed by atoms with Gasteiger partial charge in [-0.3, -0.25) is 4.79 Å². The van der Waals surface area contributed by atoms with Crippen LogP contribution in [-0.2, 0) is 10.5 Å². The molecule has 1 amide bonds. The summed E-state index contributed by atoms with van der Waals surface area (Å²) in [6.45, 7) is 2.04. The Morgan fingerprint density at radius 2 is 2.10 bits per heavy atom. The minimum atomic E-state index is -0.239. The predicted molar refractivity (Wildman–Crippen MR) is 84.0 cm³/mol. The third-order valence-corrected chi connectivity index (χ3v) is 4.73. The van der Waals surface area contributed by atoms with Crippen LogP contribution >= 0.6 is 23.1 Å². The van der Waals surface area contributed by atoms with E-state index in [1.54, 1.807) is 12.1 Å². The van der Waals surface area contributed by atoms with Crippen molar-refractivity contribution in [3.8, 4) is 0 Å². The largest absolute Gasteiger partial charge is 0.301 e. The van der Waals surface area contributed by atoms with E-state index in [4.69, 9.17) is 0 Å². The lowest BCUT2D eigenvalue weighted by Gasteiger charge is -1.99. The number of aromatic nitrogens is 2. The van der Waals surface area contributed by atoms with E-state index in [9.17, 15) is 9.18 Å². The fourth-order valence-electron chi connectivity index (χ4n) is 1.56. The van der Waals surface area contributed by atoms with Crippen LogP contribution in [0.1, 0.15) is 31.7 Å². The molecule has 1 aromatic heterocycles. The van der Waals surface area contributed by atoms with Gasteiger partial charge in [0, 0.05) is 12.2 Å². The third-order valence-electron chi connectivity index (χ3n) is 2.69. The second-order valence-electron chi connectivity index (χ2n) is 4.44. The molecule has 1 heterocycles. The summed E-state index contributed by atoms with van der Waals surface area (Å²) in [4.78, 5) is 11.6. The summed E-state index contributed by atoms with van der Waals surface area (Å²) in [5.41, 5.74) is 1.02. The number of anilines is 1. The van der Waals surface area contributed by atoms with Crippen molar-refractivity contribution in [1.82, 2.24) is 10.2 Å². The summed E-state index contributed by atoms with van der Waals surface area (Å²) >= 11 is 2.87. The van der Waals surface area contributed by atoms with E-state index in [-0.39, 0.29) is 11.7 Å². The standard InChI is InChI=1S/C14H16FN3OS2/c1-2-3-4-12(19)16-13-17-18-14(21-13)20-9-10-5-7-11(15)8-6-10/h5-8H,2-4,9H2,1H3,(H,16,17,19).